The second kappa shape index (κ2) is 6.96. The number of allylic oxidation sites excluding steroid dienone is 1. The first-order chi connectivity index (χ1) is 13.6. The molecule has 2 aromatic carbocycles. The summed E-state index contributed by atoms with van der Waals surface area (Å²) < 4.78 is 16.9. The molecule has 1 unspecified atom stereocenters. The quantitative estimate of drug-likeness (QED) is 0.710. The van der Waals surface area contributed by atoms with E-state index in [4.69, 9.17) is 19.9 Å². The Morgan fingerprint density at radius 2 is 1.71 bits per heavy atom. The van der Waals surface area contributed by atoms with E-state index in [1.807, 2.05) is 36.4 Å². The summed E-state index contributed by atoms with van der Waals surface area (Å²) in [4.78, 5) is 0. The van der Waals surface area contributed by atoms with E-state index in [1.54, 1.807) is 21.3 Å². The van der Waals surface area contributed by atoms with E-state index in [2.05, 4.69) is 28.4 Å². The van der Waals surface area contributed by atoms with Crippen LogP contribution in [0.3, 0.4) is 0 Å². The minimum absolute atomic E-state index is 0.474. The summed E-state index contributed by atoms with van der Waals surface area (Å²) in [6, 6.07) is 14.3. The molecule has 28 heavy (non-hydrogen) atoms. The number of rotatable bonds is 5. The summed E-state index contributed by atoms with van der Waals surface area (Å²) in [5.41, 5.74) is 9.58. The van der Waals surface area contributed by atoms with E-state index in [0.29, 0.717) is 29.5 Å². The first kappa shape index (κ1) is 18.0. The molecule has 1 aliphatic rings. The lowest BCUT2D eigenvalue weighted by molar-refractivity contribution is 0.319. The number of nitrogens with zero attached hydrogens (tertiary/aromatic N) is 1. The molecule has 144 valence electrons. The van der Waals surface area contributed by atoms with Crippen molar-refractivity contribution in [3.8, 4) is 17.2 Å². The highest BCUT2D eigenvalue weighted by Crippen LogP contribution is 2.50. The zero-order valence-corrected chi connectivity index (χ0v) is 16.2. The molecule has 0 bridgehead atoms. The van der Waals surface area contributed by atoms with Crippen molar-refractivity contribution in [2.45, 2.75) is 11.8 Å². The van der Waals surface area contributed by atoms with Crippen LogP contribution in [0.1, 0.15) is 22.4 Å². The van der Waals surface area contributed by atoms with Crippen LogP contribution in [0.15, 0.2) is 48.5 Å². The maximum atomic E-state index is 6.01. The Hall–Kier alpha value is -3.41. The van der Waals surface area contributed by atoms with Crippen LogP contribution in [-0.4, -0.2) is 31.5 Å². The van der Waals surface area contributed by atoms with Gasteiger partial charge in [0.05, 0.1) is 21.3 Å². The Kier molecular flexibility index (Phi) is 4.47. The first-order valence-electron chi connectivity index (χ1n) is 9.01. The molecule has 3 aromatic rings. The molecule has 0 spiro atoms. The lowest BCUT2D eigenvalue weighted by Gasteiger charge is -2.35. The van der Waals surface area contributed by atoms with Crippen LogP contribution < -0.4 is 19.9 Å². The molecule has 4 rings (SSSR count). The minimum Gasteiger partial charge on any atom is -0.493 e. The van der Waals surface area contributed by atoms with Crippen LogP contribution in [0.5, 0.6) is 17.2 Å². The van der Waals surface area contributed by atoms with Crippen molar-refractivity contribution in [3.05, 3.63) is 70.9 Å². The molecule has 0 saturated carbocycles. The second-order valence-electron chi connectivity index (χ2n) is 6.73. The Morgan fingerprint density at radius 3 is 2.39 bits per heavy atom. The third-order valence-electron chi connectivity index (χ3n) is 5.38. The predicted molar refractivity (Wildman–Crippen MR) is 109 cm³/mol. The topological polar surface area (TPSA) is 82.4 Å². The molecule has 1 aromatic heterocycles. The van der Waals surface area contributed by atoms with Crippen LogP contribution in [-0.2, 0) is 11.8 Å². The number of aromatic amines is 1. The normalized spacial score (nSPS) is 17.8. The lowest BCUT2D eigenvalue weighted by atomic mass is 9.68. The molecule has 0 amide bonds. The highest BCUT2D eigenvalue weighted by atomic mass is 16.5. The van der Waals surface area contributed by atoms with Gasteiger partial charge in [0.15, 0.2) is 17.3 Å². The largest absolute Gasteiger partial charge is 0.493 e. The van der Waals surface area contributed by atoms with Gasteiger partial charge in [0, 0.05) is 28.7 Å². The van der Waals surface area contributed by atoms with Crippen molar-refractivity contribution < 1.29 is 14.2 Å². The first-order valence-corrected chi connectivity index (χ1v) is 9.01. The summed E-state index contributed by atoms with van der Waals surface area (Å²) in [7, 11) is 4.87. The van der Waals surface area contributed by atoms with Gasteiger partial charge in [0.1, 0.15) is 0 Å². The predicted octanol–water partition coefficient (Wildman–Crippen LogP) is 3.57. The third kappa shape index (κ3) is 2.60. The van der Waals surface area contributed by atoms with Crippen LogP contribution in [0, 0.1) is 0 Å². The number of hydrogen-bond acceptors (Lipinski definition) is 5. The van der Waals surface area contributed by atoms with Crippen molar-refractivity contribution in [1.29, 1.82) is 0 Å². The summed E-state index contributed by atoms with van der Waals surface area (Å²) in [5, 5.41) is 7.27. The molecular formula is C22H23N3O3. The molecule has 0 saturated heterocycles. The van der Waals surface area contributed by atoms with Crippen molar-refractivity contribution >= 4 is 11.9 Å². The molecule has 0 fully saturated rings. The number of nitrogens with two attached hydrogens (primary N) is 1. The van der Waals surface area contributed by atoms with Gasteiger partial charge in [0.2, 0.25) is 5.75 Å². The highest BCUT2D eigenvalue weighted by Gasteiger charge is 2.39. The molecule has 1 heterocycles. The van der Waals surface area contributed by atoms with E-state index in [9.17, 15) is 0 Å². The van der Waals surface area contributed by atoms with Crippen molar-refractivity contribution in [1.82, 2.24) is 10.2 Å². The lowest BCUT2D eigenvalue weighted by Crippen LogP contribution is -2.31. The molecule has 1 atom stereocenters. The molecular weight excluding hydrogens is 354 g/mol. The summed E-state index contributed by atoms with van der Waals surface area (Å²) in [5.74, 6) is 2.34. The van der Waals surface area contributed by atoms with Gasteiger partial charge >= 0.3 is 0 Å². The molecule has 6 nitrogen and oxygen atoms in total. The fourth-order valence-electron chi connectivity index (χ4n) is 4.01. The van der Waals surface area contributed by atoms with Gasteiger partial charge in [-0.25, -0.2) is 0 Å². The SMILES string of the molecule is COc1ccc(C2(c3ccccc3)C=Cc3c(N)n[nH]c3C2)c(OC)c1OC. The molecule has 6 heteroatoms. The van der Waals surface area contributed by atoms with Gasteiger partial charge < -0.3 is 19.9 Å². The number of H-pyrrole nitrogens is 1. The number of fused-ring (bicyclic) bond motifs is 1. The zero-order valence-electron chi connectivity index (χ0n) is 16.2. The Bertz CT molecular complexity index is 1030. The van der Waals surface area contributed by atoms with E-state index in [1.165, 1.54) is 0 Å². The van der Waals surface area contributed by atoms with Gasteiger partial charge in [-0.3, -0.25) is 5.10 Å². The van der Waals surface area contributed by atoms with Gasteiger partial charge in [-0.1, -0.05) is 48.6 Å². The van der Waals surface area contributed by atoms with Gasteiger partial charge in [-0.15, -0.1) is 0 Å². The van der Waals surface area contributed by atoms with E-state index in [0.717, 1.165) is 22.4 Å². The van der Waals surface area contributed by atoms with Crippen LogP contribution in [0.2, 0.25) is 0 Å². The Morgan fingerprint density at radius 1 is 0.964 bits per heavy atom. The Labute approximate surface area is 163 Å². The average Bonchev–Trinajstić information content (AvgIpc) is 3.12. The average molecular weight is 377 g/mol. The van der Waals surface area contributed by atoms with Crippen LogP contribution in [0.4, 0.5) is 5.82 Å². The number of anilines is 1. The van der Waals surface area contributed by atoms with Gasteiger partial charge in [0.25, 0.3) is 0 Å². The number of nitrogens with one attached hydrogen (secondary N) is 1. The third-order valence-corrected chi connectivity index (χ3v) is 5.38. The van der Waals surface area contributed by atoms with Crippen LogP contribution in [0.25, 0.3) is 6.08 Å². The fourth-order valence-corrected chi connectivity index (χ4v) is 4.01. The standard InChI is InChI=1S/C22H23N3O3/c1-26-18-10-9-16(19(27-2)20(18)28-3)22(14-7-5-4-6-8-14)12-11-15-17(13-22)24-25-21(15)23/h4-12H,13H2,1-3H3,(H3,23,24,25). The number of hydrogen-bond donors (Lipinski definition) is 2. The maximum Gasteiger partial charge on any atom is 0.203 e. The number of methoxy groups -OCH3 is 3. The van der Waals surface area contributed by atoms with Crippen molar-refractivity contribution in [3.63, 3.8) is 0 Å². The number of benzene rings is 2. The number of aromatic nitrogens is 2. The van der Waals surface area contributed by atoms with Crippen molar-refractivity contribution in [2.75, 3.05) is 27.1 Å². The summed E-state index contributed by atoms with van der Waals surface area (Å²) >= 11 is 0. The fraction of sp³-hybridized carbons (Fsp3) is 0.227. The molecule has 1 aliphatic carbocycles. The number of nitrogen functional groups attached to an aromatic ring is 1. The molecule has 0 aliphatic heterocycles. The van der Waals surface area contributed by atoms with E-state index in [-0.39, 0.29) is 0 Å². The highest BCUT2D eigenvalue weighted by molar-refractivity contribution is 5.72. The van der Waals surface area contributed by atoms with E-state index < -0.39 is 5.41 Å². The number of ether oxygens (including phenoxy) is 3. The molecule has 0 radical (unpaired) electrons. The van der Waals surface area contributed by atoms with E-state index >= 15 is 0 Å². The van der Waals surface area contributed by atoms with Gasteiger partial charge in [-0.05, 0) is 11.6 Å². The second-order valence-corrected chi connectivity index (χ2v) is 6.73. The Balaban J connectivity index is 1.99. The van der Waals surface area contributed by atoms with Gasteiger partial charge in [-0.2, -0.15) is 5.10 Å². The summed E-state index contributed by atoms with van der Waals surface area (Å²) in [6.45, 7) is 0. The monoisotopic (exact) mass is 377 g/mol. The maximum absolute atomic E-state index is 6.01. The minimum atomic E-state index is -0.474. The van der Waals surface area contributed by atoms with Crippen LogP contribution >= 0.6 is 0 Å². The zero-order chi connectivity index (χ0) is 19.7. The smallest absolute Gasteiger partial charge is 0.203 e. The molecule has 3 N–H and O–H groups in total. The van der Waals surface area contributed by atoms with Crippen molar-refractivity contribution in [2.24, 2.45) is 0 Å². The summed E-state index contributed by atoms with van der Waals surface area (Å²) in [6.07, 6.45) is 4.86.